The number of rotatable bonds is 4. The molecule has 1 aliphatic rings. The Kier molecular flexibility index (Phi) is 4.50. The molecule has 5 heteroatoms. The lowest BCUT2D eigenvalue weighted by Crippen LogP contribution is -2.40. The third-order valence-electron chi connectivity index (χ3n) is 3.84. The second kappa shape index (κ2) is 6.12. The van der Waals surface area contributed by atoms with E-state index in [2.05, 4.69) is 11.8 Å². The summed E-state index contributed by atoms with van der Waals surface area (Å²) in [6, 6.07) is 6.66. The molecule has 2 unspecified atom stereocenters. The van der Waals surface area contributed by atoms with Crippen molar-refractivity contribution in [3.05, 3.63) is 39.9 Å². The smallest absolute Gasteiger partial charge is 0.269 e. The van der Waals surface area contributed by atoms with Gasteiger partial charge in [0.05, 0.1) is 11.0 Å². The summed E-state index contributed by atoms with van der Waals surface area (Å²) in [4.78, 5) is 12.4. The molecule has 1 fully saturated rings. The highest BCUT2D eigenvalue weighted by Crippen LogP contribution is 2.22. The summed E-state index contributed by atoms with van der Waals surface area (Å²) in [6.45, 7) is 3.80. The Balaban J connectivity index is 1.98. The van der Waals surface area contributed by atoms with E-state index in [0.717, 1.165) is 12.1 Å². The van der Waals surface area contributed by atoms with Gasteiger partial charge in [-0.3, -0.25) is 15.0 Å². The SMILES string of the molecule is CC1CCCCN1CC(O)c1ccc([N+](=O)[O-])cc1. The van der Waals surface area contributed by atoms with Gasteiger partial charge in [-0.1, -0.05) is 6.42 Å². The van der Waals surface area contributed by atoms with Crippen molar-refractivity contribution in [2.75, 3.05) is 13.1 Å². The largest absolute Gasteiger partial charge is 0.387 e. The van der Waals surface area contributed by atoms with Gasteiger partial charge in [-0.15, -0.1) is 0 Å². The maximum absolute atomic E-state index is 10.6. The van der Waals surface area contributed by atoms with Gasteiger partial charge in [0, 0.05) is 24.7 Å². The minimum Gasteiger partial charge on any atom is -0.387 e. The first-order chi connectivity index (χ1) is 9.08. The lowest BCUT2D eigenvalue weighted by molar-refractivity contribution is -0.384. The number of hydrogen-bond acceptors (Lipinski definition) is 4. The van der Waals surface area contributed by atoms with Crippen LogP contribution >= 0.6 is 0 Å². The quantitative estimate of drug-likeness (QED) is 0.670. The van der Waals surface area contributed by atoms with Crippen LogP contribution in [0.4, 0.5) is 5.69 Å². The van der Waals surface area contributed by atoms with Crippen LogP contribution in [0.5, 0.6) is 0 Å². The minimum absolute atomic E-state index is 0.0577. The maximum atomic E-state index is 10.6. The van der Waals surface area contributed by atoms with Crippen LogP contribution in [0, 0.1) is 10.1 Å². The predicted molar refractivity (Wildman–Crippen MR) is 72.9 cm³/mol. The molecule has 2 atom stereocenters. The maximum Gasteiger partial charge on any atom is 0.269 e. The third kappa shape index (κ3) is 3.52. The summed E-state index contributed by atoms with van der Waals surface area (Å²) in [5.74, 6) is 0. The van der Waals surface area contributed by atoms with Crippen LogP contribution in [0.3, 0.4) is 0 Å². The van der Waals surface area contributed by atoms with Gasteiger partial charge in [-0.2, -0.15) is 0 Å². The number of piperidine rings is 1. The standard InChI is InChI=1S/C14H20N2O3/c1-11-4-2-3-9-15(11)10-14(17)12-5-7-13(8-6-12)16(18)19/h5-8,11,14,17H,2-4,9-10H2,1H3. The summed E-state index contributed by atoms with van der Waals surface area (Å²) in [7, 11) is 0. The number of aliphatic hydroxyl groups is 1. The minimum atomic E-state index is -0.582. The van der Waals surface area contributed by atoms with Crippen molar-refractivity contribution >= 4 is 5.69 Å². The van der Waals surface area contributed by atoms with Crippen molar-refractivity contribution < 1.29 is 10.0 Å². The fourth-order valence-electron chi connectivity index (χ4n) is 2.57. The molecule has 104 valence electrons. The first kappa shape index (κ1) is 14.0. The van der Waals surface area contributed by atoms with Crippen molar-refractivity contribution in [2.24, 2.45) is 0 Å². The number of β-amino-alcohol motifs (C(OH)–C–C–N with tert-alkyl or cyclic N) is 1. The van der Waals surface area contributed by atoms with Crippen LogP contribution in [0.2, 0.25) is 0 Å². The molecule has 2 rings (SSSR count). The lowest BCUT2D eigenvalue weighted by atomic mass is 10.0. The molecule has 1 aromatic rings. The molecule has 0 saturated carbocycles. The zero-order valence-corrected chi connectivity index (χ0v) is 11.2. The summed E-state index contributed by atoms with van der Waals surface area (Å²) >= 11 is 0. The van der Waals surface area contributed by atoms with E-state index in [-0.39, 0.29) is 5.69 Å². The molecular formula is C14H20N2O3. The van der Waals surface area contributed by atoms with Gasteiger partial charge < -0.3 is 5.11 Å². The number of hydrogen-bond donors (Lipinski definition) is 1. The molecule has 0 amide bonds. The number of benzene rings is 1. The van der Waals surface area contributed by atoms with Crippen molar-refractivity contribution in [3.8, 4) is 0 Å². The molecule has 1 heterocycles. The average Bonchev–Trinajstić information content (AvgIpc) is 2.41. The molecule has 1 aromatic carbocycles. The number of non-ortho nitro benzene ring substituents is 1. The topological polar surface area (TPSA) is 66.6 Å². The fraction of sp³-hybridized carbons (Fsp3) is 0.571. The number of nitrogens with zero attached hydrogens (tertiary/aromatic N) is 2. The van der Waals surface area contributed by atoms with Gasteiger partial charge in [0.1, 0.15) is 0 Å². The third-order valence-corrected chi connectivity index (χ3v) is 3.84. The predicted octanol–water partition coefficient (Wildman–Crippen LogP) is 2.50. The molecule has 0 spiro atoms. The number of nitro benzene ring substituents is 1. The van der Waals surface area contributed by atoms with E-state index in [1.807, 2.05) is 0 Å². The highest BCUT2D eigenvalue weighted by Gasteiger charge is 2.21. The molecule has 0 aliphatic carbocycles. The Labute approximate surface area is 113 Å². The zero-order valence-electron chi connectivity index (χ0n) is 11.2. The first-order valence-electron chi connectivity index (χ1n) is 6.74. The van der Waals surface area contributed by atoms with E-state index in [0.29, 0.717) is 12.6 Å². The van der Waals surface area contributed by atoms with Gasteiger partial charge in [0.2, 0.25) is 0 Å². The summed E-state index contributed by atoms with van der Waals surface area (Å²) in [6.07, 6.45) is 3.02. The highest BCUT2D eigenvalue weighted by atomic mass is 16.6. The van der Waals surface area contributed by atoms with Crippen LogP contribution in [-0.4, -0.2) is 34.1 Å². The summed E-state index contributed by atoms with van der Waals surface area (Å²) in [5.41, 5.74) is 0.797. The molecule has 19 heavy (non-hydrogen) atoms. The van der Waals surface area contributed by atoms with E-state index in [1.54, 1.807) is 12.1 Å². The Morgan fingerprint density at radius 1 is 1.42 bits per heavy atom. The molecule has 0 bridgehead atoms. The van der Waals surface area contributed by atoms with Gasteiger partial charge in [0.15, 0.2) is 0 Å². The van der Waals surface area contributed by atoms with Crippen LogP contribution in [0.1, 0.15) is 37.9 Å². The zero-order chi connectivity index (χ0) is 13.8. The Hall–Kier alpha value is -1.46. The molecule has 1 N–H and O–H groups in total. The number of likely N-dealkylation sites (tertiary alicyclic amines) is 1. The van der Waals surface area contributed by atoms with Crippen molar-refractivity contribution in [2.45, 2.75) is 38.3 Å². The highest BCUT2D eigenvalue weighted by molar-refractivity contribution is 5.33. The van der Waals surface area contributed by atoms with Gasteiger partial charge in [-0.25, -0.2) is 0 Å². The molecular weight excluding hydrogens is 244 g/mol. The van der Waals surface area contributed by atoms with E-state index in [4.69, 9.17) is 0 Å². The average molecular weight is 264 g/mol. The van der Waals surface area contributed by atoms with Crippen LogP contribution in [-0.2, 0) is 0 Å². The van der Waals surface area contributed by atoms with Gasteiger partial charge in [-0.05, 0) is 44.0 Å². The van der Waals surface area contributed by atoms with Crippen molar-refractivity contribution in [3.63, 3.8) is 0 Å². The van der Waals surface area contributed by atoms with E-state index >= 15 is 0 Å². The normalized spacial score (nSPS) is 22.1. The lowest BCUT2D eigenvalue weighted by Gasteiger charge is -2.34. The monoisotopic (exact) mass is 264 g/mol. The van der Waals surface area contributed by atoms with Gasteiger partial charge in [0.25, 0.3) is 5.69 Å². The molecule has 0 radical (unpaired) electrons. The Bertz CT molecular complexity index is 433. The van der Waals surface area contributed by atoms with E-state index in [9.17, 15) is 15.2 Å². The Morgan fingerprint density at radius 3 is 2.68 bits per heavy atom. The molecule has 0 aromatic heterocycles. The van der Waals surface area contributed by atoms with Gasteiger partial charge >= 0.3 is 0 Å². The van der Waals surface area contributed by atoms with Crippen molar-refractivity contribution in [1.29, 1.82) is 0 Å². The van der Waals surface area contributed by atoms with Crippen LogP contribution in [0.25, 0.3) is 0 Å². The Morgan fingerprint density at radius 2 is 2.11 bits per heavy atom. The second-order valence-corrected chi connectivity index (χ2v) is 5.20. The summed E-state index contributed by atoms with van der Waals surface area (Å²) < 4.78 is 0. The van der Waals surface area contributed by atoms with Crippen molar-refractivity contribution in [1.82, 2.24) is 4.90 Å². The van der Waals surface area contributed by atoms with E-state index < -0.39 is 11.0 Å². The van der Waals surface area contributed by atoms with Crippen LogP contribution < -0.4 is 0 Å². The number of aliphatic hydroxyl groups excluding tert-OH is 1. The summed E-state index contributed by atoms with van der Waals surface area (Å²) in [5, 5.41) is 20.8. The fourth-order valence-corrected chi connectivity index (χ4v) is 2.57. The number of nitro groups is 1. The van der Waals surface area contributed by atoms with Crippen LogP contribution in [0.15, 0.2) is 24.3 Å². The second-order valence-electron chi connectivity index (χ2n) is 5.20. The molecule has 1 aliphatic heterocycles. The van der Waals surface area contributed by atoms with E-state index in [1.165, 1.54) is 31.4 Å². The molecule has 5 nitrogen and oxygen atoms in total. The molecule has 1 saturated heterocycles. The first-order valence-corrected chi connectivity index (χ1v) is 6.74.